The second kappa shape index (κ2) is 5.24. The normalized spacial score (nSPS) is 11.5. The first-order valence-corrected chi connectivity index (χ1v) is 8.05. The van der Waals surface area contributed by atoms with Crippen molar-refractivity contribution in [3.05, 3.63) is 36.7 Å². The standard InChI is InChI=1S/C11H10N6O2S2/c12-16-10-13-5-7(6-14-10)21(18,19)17-11-15-8-3-1-2-4-9(8)20-11/h1-6H,12H2,(H,15,17)(H,13,14,16). The fraction of sp³-hybridized carbons (Fsp3) is 0. The second-order valence-electron chi connectivity index (χ2n) is 3.98. The van der Waals surface area contributed by atoms with Crippen molar-refractivity contribution in [1.82, 2.24) is 15.0 Å². The lowest BCUT2D eigenvalue weighted by molar-refractivity contribution is 0.600. The van der Waals surface area contributed by atoms with Crippen LogP contribution in [0.4, 0.5) is 11.1 Å². The van der Waals surface area contributed by atoms with Crippen molar-refractivity contribution in [3.63, 3.8) is 0 Å². The van der Waals surface area contributed by atoms with Gasteiger partial charge >= 0.3 is 0 Å². The Morgan fingerprint density at radius 3 is 2.52 bits per heavy atom. The molecule has 10 heteroatoms. The number of nitrogen functional groups attached to an aromatic ring is 1. The zero-order valence-electron chi connectivity index (χ0n) is 10.5. The van der Waals surface area contributed by atoms with Gasteiger partial charge in [-0.25, -0.2) is 29.2 Å². The van der Waals surface area contributed by atoms with Gasteiger partial charge in [0.2, 0.25) is 5.95 Å². The molecule has 8 nitrogen and oxygen atoms in total. The van der Waals surface area contributed by atoms with Crippen LogP contribution in [0.1, 0.15) is 0 Å². The highest BCUT2D eigenvalue weighted by Crippen LogP contribution is 2.27. The molecule has 0 aliphatic rings. The molecule has 2 aromatic heterocycles. The van der Waals surface area contributed by atoms with Gasteiger partial charge in [0, 0.05) is 0 Å². The smallest absolute Gasteiger partial charge is 0.266 e. The van der Waals surface area contributed by atoms with E-state index in [0.717, 1.165) is 22.6 Å². The molecule has 21 heavy (non-hydrogen) atoms. The van der Waals surface area contributed by atoms with E-state index in [-0.39, 0.29) is 16.0 Å². The molecule has 2 heterocycles. The fourth-order valence-corrected chi connectivity index (χ4v) is 3.61. The number of thiazole rings is 1. The minimum atomic E-state index is -3.78. The number of aromatic nitrogens is 3. The van der Waals surface area contributed by atoms with Crippen molar-refractivity contribution < 1.29 is 8.42 Å². The van der Waals surface area contributed by atoms with Crippen molar-refractivity contribution >= 4 is 42.7 Å². The van der Waals surface area contributed by atoms with Crippen molar-refractivity contribution in [2.45, 2.75) is 4.90 Å². The van der Waals surface area contributed by atoms with Gasteiger partial charge in [0.05, 0.1) is 22.6 Å². The zero-order chi connectivity index (χ0) is 14.9. The molecule has 3 rings (SSSR count). The predicted octanol–water partition coefficient (Wildman–Crippen LogP) is 1.17. The quantitative estimate of drug-likeness (QED) is 0.486. The van der Waals surface area contributed by atoms with Crippen LogP contribution in [0.15, 0.2) is 41.6 Å². The van der Waals surface area contributed by atoms with Crippen LogP contribution in [0, 0.1) is 0 Å². The number of nitrogens with two attached hydrogens (primary N) is 1. The summed E-state index contributed by atoms with van der Waals surface area (Å²) in [6, 6.07) is 7.39. The number of fused-ring (bicyclic) bond motifs is 1. The molecule has 0 atom stereocenters. The number of sulfonamides is 1. The van der Waals surface area contributed by atoms with Gasteiger partial charge < -0.3 is 0 Å². The lowest BCUT2D eigenvalue weighted by Gasteiger charge is -2.04. The molecule has 0 aliphatic carbocycles. The molecule has 0 spiro atoms. The maximum Gasteiger partial charge on any atom is 0.266 e. The zero-order valence-corrected chi connectivity index (χ0v) is 12.1. The third-order valence-corrected chi connectivity index (χ3v) is 4.96. The van der Waals surface area contributed by atoms with Gasteiger partial charge in [-0.05, 0) is 12.1 Å². The minimum absolute atomic E-state index is 0.0687. The number of hydrazine groups is 1. The highest BCUT2D eigenvalue weighted by Gasteiger charge is 2.17. The Balaban J connectivity index is 1.91. The van der Waals surface area contributed by atoms with E-state index >= 15 is 0 Å². The van der Waals surface area contributed by atoms with Crippen LogP contribution in [-0.4, -0.2) is 23.4 Å². The number of para-hydroxylation sites is 1. The van der Waals surface area contributed by atoms with E-state index in [2.05, 4.69) is 25.1 Å². The summed E-state index contributed by atoms with van der Waals surface area (Å²) in [7, 11) is -3.78. The summed E-state index contributed by atoms with van der Waals surface area (Å²) in [4.78, 5) is 11.7. The first-order chi connectivity index (χ1) is 10.1. The highest BCUT2D eigenvalue weighted by atomic mass is 32.2. The fourth-order valence-electron chi connectivity index (χ4n) is 1.62. The van der Waals surface area contributed by atoms with Crippen LogP contribution in [0.25, 0.3) is 10.2 Å². The largest absolute Gasteiger partial charge is 0.292 e. The molecule has 0 saturated carbocycles. The lowest BCUT2D eigenvalue weighted by atomic mass is 10.3. The number of hydrogen-bond donors (Lipinski definition) is 3. The highest BCUT2D eigenvalue weighted by molar-refractivity contribution is 7.93. The van der Waals surface area contributed by atoms with E-state index in [1.165, 1.54) is 11.3 Å². The summed E-state index contributed by atoms with van der Waals surface area (Å²) < 4.78 is 27.7. The van der Waals surface area contributed by atoms with E-state index < -0.39 is 10.0 Å². The Hall–Kier alpha value is -2.30. The summed E-state index contributed by atoms with van der Waals surface area (Å²) in [5.41, 5.74) is 2.96. The molecule has 0 unspecified atom stereocenters. The minimum Gasteiger partial charge on any atom is -0.292 e. The van der Waals surface area contributed by atoms with Gasteiger partial charge in [-0.3, -0.25) is 10.1 Å². The number of anilines is 2. The maximum atomic E-state index is 12.2. The van der Waals surface area contributed by atoms with Gasteiger partial charge in [0.25, 0.3) is 10.0 Å². The molecule has 0 saturated heterocycles. The van der Waals surface area contributed by atoms with E-state index in [4.69, 9.17) is 5.84 Å². The van der Waals surface area contributed by atoms with Gasteiger partial charge in [0.15, 0.2) is 5.13 Å². The molecular formula is C11H10N6O2S2. The predicted molar refractivity (Wildman–Crippen MR) is 80.3 cm³/mol. The Kier molecular flexibility index (Phi) is 3.41. The Bertz CT molecular complexity index is 842. The molecule has 108 valence electrons. The van der Waals surface area contributed by atoms with E-state index in [1.54, 1.807) is 0 Å². The Labute approximate surface area is 124 Å². The molecule has 0 aliphatic heterocycles. The van der Waals surface area contributed by atoms with Crippen molar-refractivity contribution in [2.24, 2.45) is 5.84 Å². The number of rotatable bonds is 4. The van der Waals surface area contributed by atoms with E-state index in [9.17, 15) is 8.42 Å². The SMILES string of the molecule is NNc1ncc(S(=O)(=O)Nc2nc3ccccc3s2)cn1. The molecule has 0 fully saturated rings. The van der Waals surface area contributed by atoms with Crippen molar-refractivity contribution in [1.29, 1.82) is 0 Å². The molecule has 3 aromatic rings. The Morgan fingerprint density at radius 1 is 1.14 bits per heavy atom. The average Bonchev–Trinajstić information content (AvgIpc) is 2.88. The number of hydrogen-bond acceptors (Lipinski definition) is 8. The van der Waals surface area contributed by atoms with E-state index in [0.29, 0.717) is 0 Å². The number of nitrogens with zero attached hydrogens (tertiary/aromatic N) is 3. The van der Waals surface area contributed by atoms with Crippen LogP contribution >= 0.6 is 11.3 Å². The van der Waals surface area contributed by atoms with Gasteiger partial charge in [-0.15, -0.1) is 0 Å². The van der Waals surface area contributed by atoms with Crippen LogP contribution in [0.2, 0.25) is 0 Å². The van der Waals surface area contributed by atoms with Crippen LogP contribution < -0.4 is 16.0 Å². The molecule has 0 radical (unpaired) electrons. The summed E-state index contributed by atoms with van der Waals surface area (Å²) in [6.45, 7) is 0. The average molecular weight is 322 g/mol. The monoisotopic (exact) mass is 322 g/mol. The van der Waals surface area contributed by atoms with Gasteiger partial charge in [-0.1, -0.05) is 23.5 Å². The third kappa shape index (κ3) is 2.77. The van der Waals surface area contributed by atoms with Crippen molar-refractivity contribution in [3.8, 4) is 0 Å². The number of nitrogens with one attached hydrogen (secondary N) is 2. The summed E-state index contributed by atoms with van der Waals surface area (Å²) in [5.74, 6) is 5.26. The number of benzene rings is 1. The summed E-state index contributed by atoms with van der Waals surface area (Å²) in [5, 5.41) is 0.289. The lowest BCUT2D eigenvalue weighted by Crippen LogP contribution is -2.15. The molecule has 0 bridgehead atoms. The second-order valence-corrected chi connectivity index (χ2v) is 6.69. The summed E-state index contributed by atoms with van der Waals surface area (Å²) >= 11 is 1.25. The molecule has 4 N–H and O–H groups in total. The van der Waals surface area contributed by atoms with Crippen LogP contribution in [-0.2, 0) is 10.0 Å². The van der Waals surface area contributed by atoms with Crippen LogP contribution in [0.3, 0.4) is 0 Å². The topological polar surface area (TPSA) is 123 Å². The molecule has 1 aromatic carbocycles. The van der Waals surface area contributed by atoms with Crippen LogP contribution in [0.5, 0.6) is 0 Å². The van der Waals surface area contributed by atoms with Gasteiger partial charge in [0.1, 0.15) is 4.90 Å². The first-order valence-electron chi connectivity index (χ1n) is 5.75. The molecule has 0 amide bonds. The third-order valence-electron chi connectivity index (χ3n) is 2.58. The first kappa shape index (κ1) is 13.7. The molecular weight excluding hydrogens is 312 g/mol. The summed E-state index contributed by atoms with van der Waals surface area (Å²) in [6.07, 6.45) is 2.33. The van der Waals surface area contributed by atoms with E-state index in [1.807, 2.05) is 24.3 Å². The van der Waals surface area contributed by atoms with Crippen molar-refractivity contribution in [2.75, 3.05) is 10.1 Å². The maximum absolute atomic E-state index is 12.2. The van der Waals surface area contributed by atoms with Gasteiger partial charge in [-0.2, -0.15) is 0 Å². The Morgan fingerprint density at radius 2 is 1.86 bits per heavy atom.